The van der Waals surface area contributed by atoms with E-state index in [0.717, 1.165) is 22.3 Å². The minimum Gasteiger partial charge on any atom is -0.478 e. The fourth-order valence-electron chi connectivity index (χ4n) is 3.19. The van der Waals surface area contributed by atoms with E-state index in [1.165, 1.54) is 6.07 Å². The Bertz CT molecular complexity index is 1100. The van der Waals surface area contributed by atoms with Crippen molar-refractivity contribution in [3.8, 4) is 0 Å². The van der Waals surface area contributed by atoms with Crippen molar-refractivity contribution in [2.24, 2.45) is 0 Å². The molecule has 0 unspecified atom stereocenters. The SMILES string of the molecule is Cc1ccccc1Cc1ccc(C(=O)O)c(NC(=O)CCc2ccc(Cl)c(Cl)c2)c1. The molecule has 2 N–H and O–H groups in total. The van der Waals surface area contributed by atoms with Gasteiger partial charge in [0.05, 0.1) is 21.3 Å². The highest BCUT2D eigenvalue weighted by Gasteiger charge is 2.14. The molecule has 6 heteroatoms. The van der Waals surface area contributed by atoms with Gasteiger partial charge in [-0.1, -0.05) is 59.6 Å². The number of hydrogen-bond donors (Lipinski definition) is 2. The highest BCUT2D eigenvalue weighted by Crippen LogP contribution is 2.24. The van der Waals surface area contributed by atoms with E-state index < -0.39 is 5.97 Å². The lowest BCUT2D eigenvalue weighted by Gasteiger charge is -2.12. The first-order valence-corrected chi connectivity index (χ1v) is 10.2. The van der Waals surface area contributed by atoms with Gasteiger partial charge in [-0.2, -0.15) is 0 Å². The van der Waals surface area contributed by atoms with E-state index in [4.69, 9.17) is 23.2 Å². The van der Waals surface area contributed by atoms with Gasteiger partial charge >= 0.3 is 5.97 Å². The Morgan fingerprint density at radius 1 is 0.933 bits per heavy atom. The third-order valence-electron chi connectivity index (χ3n) is 4.87. The van der Waals surface area contributed by atoms with E-state index in [2.05, 4.69) is 5.32 Å². The Balaban J connectivity index is 1.74. The summed E-state index contributed by atoms with van der Waals surface area (Å²) in [5, 5.41) is 13.1. The number of carboxylic acids is 1. The third kappa shape index (κ3) is 5.62. The molecule has 0 spiro atoms. The maximum atomic E-state index is 12.5. The van der Waals surface area contributed by atoms with Crippen LogP contribution in [0.5, 0.6) is 0 Å². The molecule has 0 radical (unpaired) electrons. The smallest absolute Gasteiger partial charge is 0.337 e. The summed E-state index contributed by atoms with van der Waals surface area (Å²) in [6.07, 6.45) is 1.31. The molecule has 0 atom stereocenters. The van der Waals surface area contributed by atoms with Gasteiger partial charge in [0.25, 0.3) is 0 Å². The number of nitrogens with one attached hydrogen (secondary N) is 1. The number of benzene rings is 3. The van der Waals surface area contributed by atoms with Gasteiger partial charge in [0.15, 0.2) is 0 Å². The molecule has 30 heavy (non-hydrogen) atoms. The van der Waals surface area contributed by atoms with Crippen molar-refractivity contribution in [2.75, 3.05) is 5.32 Å². The molecule has 0 fully saturated rings. The van der Waals surface area contributed by atoms with Gasteiger partial charge in [-0.15, -0.1) is 0 Å². The third-order valence-corrected chi connectivity index (χ3v) is 5.61. The van der Waals surface area contributed by atoms with Crippen molar-refractivity contribution in [3.63, 3.8) is 0 Å². The van der Waals surface area contributed by atoms with Gasteiger partial charge in [-0.25, -0.2) is 4.79 Å². The number of carboxylic acid groups (broad SMARTS) is 1. The standard InChI is InChI=1S/C24H21Cl2NO3/c1-15-4-2-3-5-18(15)12-17-6-9-19(24(29)30)22(14-17)27-23(28)11-8-16-7-10-20(25)21(26)13-16/h2-7,9-10,13-14H,8,11-12H2,1H3,(H,27,28)(H,29,30). The second-order valence-corrected chi connectivity index (χ2v) is 7.90. The Morgan fingerprint density at radius 2 is 1.67 bits per heavy atom. The van der Waals surface area contributed by atoms with Crippen LogP contribution in [0.2, 0.25) is 10.0 Å². The zero-order valence-electron chi connectivity index (χ0n) is 16.4. The quantitative estimate of drug-likeness (QED) is 0.461. The number of rotatable bonds is 7. The lowest BCUT2D eigenvalue weighted by molar-refractivity contribution is -0.116. The average molecular weight is 442 g/mol. The van der Waals surface area contributed by atoms with Crippen LogP contribution in [0, 0.1) is 6.92 Å². The first-order chi connectivity index (χ1) is 14.3. The number of carbonyl (C=O) groups excluding carboxylic acids is 1. The molecule has 3 rings (SSSR count). The van der Waals surface area contributed by atoms with Gasteiger partial charge in [0.1, 0.15) is 0 Å². The Kier molecular flexibility index (Phi) is 7.14. The second-order valence-electron chi connectivity index (χ2n) is 7.08. The minimum absolute atomic E-state index is 0.0615. The summed E-state index contributed by atoms with van der Waals surface area (Å²) >= 11 is 11.9. The Labute approximate surface area is 185 Å². The van der Waals surface area contributed by atoms with Crippen molar-refractivity contribution < 1.29 is 14.7 Å². The van der Waals surface area contributed by atoms with E-state index in [0.29, 0.717) is 28.6 Å². The summed E-state index contributed by atoms with van der Waals surface area (Å²) < 4.78 is 0. The maximum Gasteiger partial charge on any atom is 0.337 e. The normalized spacial score (nSPS) is 10.6. The number of aryl methyl sites for hydroxylation is 2. The molecule has 0 bridgehead atoms. The van der Waals surface area contributed by atoms with E-state index in [1.54, 1.807) is 24.3 Å². The Morgan fingerprint density at radius 3 is 2.37 bits per heavy atom. The molecule has 4 nitrogen and oxygen atoms in total. The first kappa shape index (κ1) is 21.9. The fourth-order valence-corrected chi connectivity index (χ4v) is 3.51. The molecular weight excluding hydrogens is 421 g/mol. The molecular formula is C24H21Cl2NO3. The number of hydrogen-bond acceptors (Lipinski definition) is 2. The van der Waals surface area contributed by atoms with Gasteiger partial charge in [0.2, 0.25) is 5.91 Å². The van der Waals surface area contributed by atoms with Crippen molar-refractivity contribution in [1.29, 1.82) is 0 Å². The summed E-state index contributed by atoms with van der Waals surface area (Å²) in [4.78, 5) is 24.1. The van der Waals surface area contributed by atoms with Gasteiger partial charge in [-0.05, 0) is 66.3 Å². The predicted octanol–water partition coefficient (Wildman–Crippen LogP) is 6.16. The van der Waals surface area contributed by atoms with Gasteiger partial charge < -0.3 is 10.4 Å². The van der Waals surface area contributed by atoms with Crippen LogP contribution >= 0.6 is 23.2 Å². The van der Waals surface area contributed by atoms with Crippen LogP contribution in [0.1, 0.15) is 39.0 Å². The lowest BCUT2D eigenvalue weighted by Crippen LogP contribution is -2.15. The van der Waals surface area contributed by atoms with Crippen LogP contribution < -0.4 is 5.32 Å². The zero-order valence-corrected chi connectivity index (χ0v) is 17.9. The maximum absolute atomic E-state index is 12.5. The highest BCUT2D eigenvalue weighted by molar-refractivity contribution is 6.42. The number of carbonyl (C=O) groups is 2. The average Bonchev–Trinajstić information content (AvgIpc) is 2.70. The summed E-state index contributed by atoms with van der Waals surface area (Å²) in [7, 11) is 0. The fraction of sp³-hybridized carbons (Fsp3) is 0.167. The summed E-state index contributed by atoms with van der Waals surface area (Å²) in [6, 6.07) is 18.3. The number of aromatic carboxylic acids is 1. The van der Waals surface area contributed by atoms with Crippen LogP contribution in [-0.2, 0) is 17.6 Å². The van der Waals surface area contributed by atoms with E-state index in [9.17, 15) is 14.7 Å². The topological polar surface area (TPSA) is 66.4 Å². The van der Waals surface area contributed by atoms with Crippen molar-refractivity contribution in [1.82, 2.24) is 0 Å². The van der Waals surface area contributed by atoms with E-state index >= 15 is 0 Å². The van der Waals surface area contributed by atoms with Crippen LogP contribution in [0.15, 0.2) is 60.7 Å². The monoisotopic (exact) mass is 441 g/mol. The molecule has 0 saturated carbocycles. The molecule has 3 aromatic rings. The summed E-state index contributed by atoms with van der Waals surface area (Å²) in [5.41, 5.74) is 4.48. The van der Waals surface area contributed by atoms with E-state index in [-0.39, 0.29) is 17.9 Å². The van der Waals surface area contributed by atoms with Crippen LogP contribution in [0.3, 0.4) is 0 Å². The minimum atomic E-state index is -1.09. The first-order valence-electron chi connectivity index (χ1n) is 9.48. The molecule has 0 aliphatic heterocycles. The molecule has 0 aromatic heterocycles. The van der Waals surface area contributed by atoms with Gasteiger partial charge in [-0.3, -0.25) is 4.79 Å². The molecule has 0 aliphatic carbocycles. The lowest BCUT2D eigenvalue weighted by atomic mass is 9.99. The predicted molar refractivity (Wildman–Crippen MR) is 121 cm³/mol. The largest absolute Gasteiger partial charge is 0.478 e. The van der Waals surface area contributed by atoms with Crippen LogP contribution in [0.4, 0.5) is 5.69 Å². The summed E-state index contributed by atoms with van der Waals surface area (Å²) in [5.74, 6) is -1.35. The van der Waals surface area contributed by atoms with Gasteiger partial charge in [0, 0.05) is 6.42 Å². The molecule has 0 saturated heterocycles. The highest BCUT2D eigenvalue weighted by atomic mass is 35.5. The Hall–Kier alpha value is -2.82. The molecule has 0 heterocycles. The number of amides is 1. The van der Waals surface area contributed by atoms with Crippen molar-refractivity contribution in [3.05, 3.63) is 98.5 Å². The van der Waals surface area contributed by atoms with E-state index in [1.807, 2.05) is 37.3 Å². The van der Waals surface area contributed by atoms with Crippen LogP contribution in [-0.4, -0.2) is 17.0 Å². The van der Waals surface area contributed by atoms with Crippen molar-refractivity contribution >= 4 is 40.8 Å². The second kappa shape index (κ2) is 9.79. The number of halogens is 2. The summed E-state index contributed by atoms with van der Waals surface area (Å²) in [6.45, 7) is 2.03. The molecule has 1 amide bonds. The molecule has 3 aromatic carbocycles. The molecule has 0 aliphatic rings. The van der Waals surface area contributed by atoms with Crippen LogP contribution in [0.25, 0.3) is 0 Å². The molecule has 154 valence electrons. The van der Waals surface area contributed by atoms with Crippen molar-refractivity contribution in [2.45, 2.75) is 26.2 Å². The zero-order chi connectivity index (χ0) is 21.7. The number of anilines is 1.